The lowest BCUT2D eigenvalue weighted by Gasteiger charge is -2.17. The second-order valence-corrected chi connectivity index (χ2v) is 6.38. The Kier molecular flexibility index (Phi) is 5.50. The summed E-state index contributed by atoms with van der Waals surface area (Å²) in [7, 11) is 2.98. The summed E-state index contributed by atoms with van der Waals surface area (Å²) in [6, 6.07) is 10.1. The minimum Gasteiger partial charge on any atom is -0.504 e. The number of ketones is 1. The molecule has 2 aromatic rings. The van der Waals surface area contributed by atoms with Crippen LogP contribution in [0.4, 0.5) is 0 Å². The number of methoxy groups -OCH3 is 2. The molecule has 0 amide bonds. The van der Waals surface area contributed by atoms with E-state index in [1.165, 1.54) is 14.2 Å². The fourth-order valence-electron chi connectivity index (χ4n) is 3.16. The summed E-state index contributed by atoms with van der Waals surface area (Å²) in [6.07, 6.45) is 5.92. The molecule has 0 bridgehead atoms. The van der Waals surface area contributed by atoms with Crippen LogP contribution < -0.4 is 9.47 Å². The highest BCUT2D eigenvalue weighted by Gasteiger charge is 2.20. The molecule has 1 fully saturated rings. The van der Waals surface area contributed by atoms with Crippen molar-refractivity contribution in [3.63, 3.8) is 0 Å². The Morgan fingerprint density at radius 1 is 0.815 bits per heavy atom. The zero-order chi connectivity index (χ0) is 19.4. The lowest BCUT2D eigenvalue weighted by atomic mass is 9.87. The van der Waals surface area contributed by atoms with Gasteiger partial charge in [0.15, 0.2) is 28.8 Å². The van der Waals surface area contributed by atoms with E-state index < -0.39 is 0 Å². The predicted molar refractivity (Wildman–Crippen MR) is 104 cm³/mol. The number of carbonyl (C=O) groups is 1. The maximum Gasteiger partial charge on any atom is 0.185 e. The van der Waals surface area contributed by atoms with Crippen LogP contribution in [-0.4, -0.2) is 30.2 Å². The van der Waals surface area contributed by atoms with Gasteiger partial charge in [-0.05, 0) is 66.8 Å². The number of aromatic hydroxyl groups is 2. The van der Waals surface area contributed by atoms with E-state index in [9.17, 15) is 15.0 Å². The molecule has 0 radical (unpaired) electrons. The van der Waals surface area contributed by atoms with Gasteiger partial charge in [-0.2, -0.15) is 0 Å². The van der Waals surface area contributed by atoms with Crippen molar-refractivity contribution in [2.75, 3.05) is 14.2 Å². The fraction of sp³-hybridized carbons (Fsp3) is 0.227. The van der Waals surface area contributed by atoms with E-state index in [4.69, 9.17) is 9.47 Å². The van der Waals surface area contributed by atoms with Gasteiger partial charge in [0.05, 0.1) is 14.2 Å². The standard InChI is InChI=1S/C22H22O5/c1-26-20-9-7-14(12-19(20)24)10-16-4-3-5-17(22(16)25)11-15-6-8-18(23)21(13-15)27-2/h6-13,23-24H,3-5H2,1-2H3/b16-10+,17-11+. The minimum atomic E-state index is 0.00333. The number of hydrogen-bond acceptors (Lipinski definition) is 5. The molecule has 0 aromatic heterocycles. The summed E-state index contributed by atoms with van der Waals surface area (Å²) in [6.45, 7) is 0. The Labute approximate surface area is 158 Å². The van der Waals surface area contributed by atoms with E-state index in [2.05, 4.69) is 0 Å². The first-order valence-electron chi connectivity index (χ1n) is 8.71. The number of carbonyl (C=O) groups excluding carboxylic acids is 1. The van der Waals surface area contributed by atoms with Gasteiger partial charge in [0.25, 0.3) is 0 Å². The minimum absolute atomic E-state index is 0.00333. The highest BCUT2D eigenvalue weighted by Crippen LogP contribution is 2.32. The van der Waals surface area contributed by atoms with Crippen LogP contribution >= 0.6 is 0 Å². The maximum atomic E-state index is 12.9. The Morgan fingerprint density at radius 2 is 1.41 bits per heavy atom. The highest BCUT2D eigenvalue weighted by atomic mass is 16.5. The van der Waals surface area contributed by atoms with Crippen LogP contribution in [0, 0.1) is 0 Å². The number of Topliss-reactive ketones (excluding diaryl/α,β-unsaturated/α-hetero) is 1. The molecule has 1 aliphatic carbocycles. The molecule has 140 valence electrons. The third-order valence-electron chi connectivity index (χ3n) is 4.56. The van der Waals surface area contributed by atoms with Crippen molar-refractivity contribution < 1.29 is 24.5 Å². The van der Waals surface area contributed by atoms with Crippen LogP contribution in [0.25, 0.3) is 12.2 Å². The molecule has 0 heterocycles. The lowest BCUT2D eigenvalue weighted by molar-refractivity contribution is -0.112. The summed E-state index contributed by atoms with van der Waals surface area (Å²) >= 11 is 0. The van der Waals surface area contributed by atoms with E-state index in [0.717, 1.165) is 23.1 Å². The Bertz CT molecular complexity index is 924. The molecule has 1 aliphatic rings. The van der Waals surface area contributed by atoms with E-state index in [1.807, 2.05) is 18.2 Å². The largest absolute Gasteiger partial charge is 0.504 e. The molecule has 0 aliphatic heterocycles. The van der Waals surface area contributed by atoms with Crippen molar-refractivity contribution in [2.45, 2.75) is 19.3 Å². The van der Waals surface area contributed by atoms with E-state index in [0.29, 0.717) is 29.9 Å². The van der Waals surface area contributed by atoms with Gasteiger partial charge >= 0.3 is 0 Å². The normalized spacial score (nSPS) is 17.3. The summed E-state index contributed by atoms with van der Waals surface area (Å²) < 4.78 is 10.2. The average molecular weight is 366 g/mol. The van der Waals surface area contributed by atoms with Gasteiger partial charge in [-0.25, -0.2) is 0 Å². The first kappa shape index (κ1) is 18.6. The zero-order valence-electron chi connectivity index (χ0n) is 15.4. The van der Waals surface area contributed by atoms with Crippen molar-refractivity contribution in [1.82, 2.24) is 0 Å². The molecule has 0 atom stereocenters. The molecule has 0 spiro atoms. The molecule has 27 heavy (non-hydrogen) atoms. The van der Waals surface area contributed by atoms with Gasteiger partial charge in [0.1, 0.15) is 0 Å². The molecule has 3 rings (SSSR count). The molecule has 5 heteroatoms. The fourth-order valence-corrected chi connectivity index (χ4v) is 3.16. The van der Waals surface area contributed by atoms with Crippen LogP contribution in [0.15, 0.2) is 47.5 Å². The van der Waals surface area contributed by atoms with Gasteiger partial charge in [0.2, 0.25) is 0 Å². The average Bonchev–Trinajstić information content (AvgIpc) is 2.66. The zero-order valence-corrected chi connectivity index (χ0v) is 15.4. The molecule has 2 N–H and O–H groups in total. The molecule has 0 saturated heterocycles. The van der Waals surface area contributed by atoms with Crippen molar-refractivity contribution in [3.05, 3.63) is 58.7 Å². The van der Waals surface area contributed by atoms with Crippen LogP contribution in [0.5, 0.6) is 23.0 Å². The summed E-state index contributed by atoms with van der Waals surface area (Å²) in [5.41, 5.74) is 2.99. The summed E-state index contributed by atoms with van der Waals surface area (Å²) in [5.74, 6) is 0.881. The van der Waals surface area contributed by atoms with Crippen LogP contribution in [-0.2, 0) is 4.79 Å². The number of phenolic OH excluding ortho intramolecular Hbond substituents is 2. The number of allylic oxidation sites excluding steroid dienone is 2. The van der Waals surface area contributed by atoms with E-state index >= 15 is 0 Å². The molecule has 5 nitrogen and oxygen atoms in total. The van der Waals surface area contributed by atoms with Gasteiger partial charge in [-0.3, -0.25) is 4.79 Å². The third-order valence-corrected chi connectivity index (χ3v) is 4.56. The highest BCUT2D eigenvalue weighted by molar-refractivity contribution is 6.14. The van der Waals surface area contributed by atoms with Crippen molar-refractivity contribution >= 4 is 17.9 Å². The van der Waals surface area contributed by atoms with Crippen LogP contribution in [0.3, 0.4) is 0 Å². The van der Waals surface area contributed by atoms with Gasteiger partial charge in [-0.15, -0.1) is 0 Å². The van der Waals surface area contributed by atoms with Crippen LogP contribution in [0.2, 0.25) is 0 Å². The molecular weight excluding hydrogens is 344 g/mol. The second-order valence-electron chi connectivity index (χ2n) is 6.38. The van der Waals surface area contributed by atoms with Crippen LogP contribution in [0.1, 0.15) is 30.4 Å². The summed E-state index contributed by atoms with van der Waals surface area (Å²) in [4.78, 5) is 12.9. The summed E-state index contributed by atoms with van der Waals surface area (Å²) in [5, 5.41) is 19.6. The van der Waals surface area contributed by atoms with Gasteiger partial charge in [-0.1, -0.05) is 12.1 Å². The lowest BCUT2D eigenvalue weighted by Crippen LogP contribution is -2.12. The Balaban J connectivity index is 1.88. The first-order chi connectivity index (χ1) is 13.0. The predicted octanol–water partition coefficient (Wildman–Crippen LogP) is 4.34. The quantitative estimate of drug-likeness (QED) is 0.788. The molecular formula is C22H22O5. The third kappa shape index (κ3) is 4.14. The Morgan fingerprint density at radius 3 is 2.00 bits per heavy atom. The number of benzene rings is 2. The Hall–Kier alpha value is -3.21. The smallest absolute Gasteiger partial charge is 0.185 e. The van der Waals surface area contributed by atoms with Gasteiger partial charge < -0.3 is 19.7 Å². The topological polar surface area (TPSA) is 76.0 Å². The SMILES string of the molecule is COc1ccc(/C=C2\CCC/C(=C\c3ccc(O)c(OC)c3)C2=O)cc1O. The number of hydrogen-bond donors (Lipinski definition) is 2. The monoisotopic (exact) mass is 366 g/mol. The van der Waals surface area contributed by atoms with Gasteiger partial charge in [0, 0.05) is 11.1 Å². The second kappa shape index (κ2) is 7.99. The number of phenols is 2. The van der Waals surface area contributed by atoms with Crippen molar-refractivity contribution in [3.8, 4) is 23.0 Å². The number of ether oxygens (including phenoxy) is 2. The van der Waals surface area contributed by atoms with Crippen molar-refractivity contribution in [1.29, 1.82) is 0 Å². The molecule has 2 aromatic carbocycles. The van der Waals surface area contributed by atoms with Crippen molar-refractivity contribution in [2.24, 2.45) is 0 Å². The maximum absolute atomic E-state index is 12.9. The molecule has 0 unspecified atom stereocenters. The number of rotatable bonds is 4. The first-order valence-corrected chi connectivity index (χ1v) is 8.71. The van der Waals surface area contributed by atoms with E-state index in [1.54, 1.807) is 30.3 Å². The molecule has 1 saturated carbocycles. The van der Waals surface area contributed by atoms with E-state index in [-0.39, 0.29) is 17.3 Å².